The van der Waals surface area contributed by atoms with E-state index >= 15 is 0 Å². The first-order valence-corrected chi connectivity index (χ1v) is 7.09. The van der Waals surface area contributed by atoms with Crippen LogP contribution in [0.5, 0.6) is 0 Å². The second-order valence-electron chi connectivity index (χ2n) is 3.52. The van der Waals surface area contributed by atoms with Crippen LogP contribution in [0.2, 0.25) is 5.02 Å². The van der Waals surface area contributed by atoms with E-state index in [9.17, 15) is 0 Å². The molecule has 0 atom stereocenters. The van der Waals surface area contributed by atoms with E-state index in [1.807, 2.05) is 30.3 Å². The Hall–Kier alpha value is -0.480. The molecule has 2 aromatic rings. The predicted molar refractivity (Wildman–Crippen MR) is 77.6 cm³/mol. The number of benzene rings is 2. The third-order valence-electron chi connectivity index (χ3n) is 2.27. The Kier molecular flexibility index (Phi) is 4.51. The first kappa shape index (κ1) is 13.0. The van der Waals surface area contributed by atoms with Gasteiger partial charge in [-0.05, 0) is 57.9 Å². The molecule has 0 fully saturated rings. The van der Waals surface area contributed by atoms with Gasteiger partial charge in [0.2, 0.25) is 0 Å². The molecule has 0 radical (unpaired) electrons. The van der Waals surface area contributed by atoms with Crippen molar-refractivity contribution in [2.24, 2.45) is 5.73 Å². The van der Waals surface area contributed by atoms with Crippen LogP contribution in [0.25, 0.3) is 0 Å². The van der Waals surface area contributed by atoms with Crippen molar-refractivity contribution in [2.75, 3.05) is 0 Å². The lowest BCUT2D eigenvalue weighted by Crippen LogP contribution is -1.95. The highest BCUT2D eigenvalue weighted by Crippen LogP contribution is 2.34. The quantitative estimate of drug-likeness (QED) is 0.883. The van der Waals surface area contributed by atoms with E-state index in [2.05, 4.69) is 28.1 Å². The fourth-order valence-corrected chi connectivity index (χ4v) is 3.00. The Morgan fingerprint density at radius 2 is 1.82 bits per heavy atom. The van der Waals surface area contributed by atoms with Crippen LogP contribution in [0.3, 0.4) is 0 Å². The number of hydrogen-bond acceptors (Lipinski definition) is 2. The van der Waals surface area contributed by atoms with Gasteiger partial charge in [0, 0.05) is 25.8 Å². The van der Waals surface area contributed by atoms with Crippen LogP contribution in [0.15, 0.2) is 56.7 Å². The zero-order valence-electron chi connectivity index (χ0n) is 8.99. The normalized spacial score (nSPS) is 10.5. The highest BCUT2D eigenvalue weighted by Gasteiger charge is 2.03. The molecule has 0 aromatic heterocycles. The number of nitrogens with two attached hydrogens (primary N) is 1. The summed E-state index contributed by atoms with van der Waals surface area (Å²) < 4.78 is 1.07. The number of hydrogen-bond donors (Lipinski definition) is 1. The molecular weight excluding hydrogens is 318 g/mol. The summed E-state index contributed by atoms with van der Waals surface area (Å²) >= 11 is 11.1. The van der Waals surface area contributed by atoms with Crippen molar-refractivity contribution < 1.29 is 0 Å². The molecule has 0 saturated carbocycles. The van der Waals surface area contributed by atoms with Gasteiger partial charge in [0.25, 0.3) is 0 Å². The molecule has 1 nitrogen and oxygen atoms in total. The van der Waals surface area contributed by atoms with Gasteiger partial charge in [0.15, 0.2) is 0 Å². The number of halogens is 2. The third kappa shape index (κ3) is 3.49. The zero-order valence-corrected chi connectivity index (χ0v) is 12.1. The second kappa shape index (κ2) is 5.91. The van der Waals surface area contributed by atoms with Gasteiger partial charge in [0.1, 0.15) is 0 Å². The summed E-state index contributed by atoms with van der Waals surface area (Å²) in [5.41, 5.74) is 6.72. The van der Waals surface area contributed by atoms with E-state index in [1.54, 1.807) is 11.8 Å². The monoisotopic (exact) mass is 327 g/mol. The summed E-state index contributed by atoms with van der Waals surface area (Å²) in [7, 11) is 0. The Balaban J connectivity index is 2.21. The van der Waals surface area contributed by atoms with E-state index in [4.69, 9.17) is 17.3 Å². The smallest absolute Gasteiger partial charge is 0.0406 e. The minimum absolute atomic E-state index is 0.560. The van der Waals surface area contributed by atoms with Crippen LogP contribution in [0.1, 0.15) is 5.56 Å². The maximum atomic E-state index is 5.85. The van der Waals surface area contributed by atoms with Crippen molar-refractivity contribution in [3.05, 3.63) is 57.5 Å². The molecule has 2 rings (SSSR count). The highest BCUT2D eigenvalue weighted by atomic mass is 79.9. The van der Waals surface area contributed by atoms with E-state index in [0.29, 0.717) is 6.54 Å². The predicted octanol–water partition coefficient (Wildman–Crippen LogP) is 4.71. The summed E-state index contributed by atoms with van der Waals surface area (Å²) in [6.45, 7) is 0.560. The fraction of sp³-hybridized carbons (Fsp3) is 0.0769. The SMILES string of the molecule is NCc1ccc(Sc2ccc(Cl)cc2)c(Br)c1. The first-order valence-electron chi connectivity index (χ1n) is 5.11. The van der Waals surface area contributed by atoms with Gasteiger partial charge in [-0.3, -0.25) is 0 Å². The molecule has 0 aliphatic heterocycles. The average Bonchev–Trinajstić information content (AvgIpc) is 2.34. The zero-order chi connectivity index (χ0) is 12.3. The van der Waals surface area contributed by atoms with E-state index in [1.165, 1.54) is 4.90 Å². The lowest BCUT2D eigenvalue weighted by Gasteiger charge is -2.06. The molecule has 0 bridgehead atoms. The second-order valence-corrected chi connectivity index (χ2v) is 5.93. The molecule has 0 heterocycles. The first-order chi connectivity index (χ1) is 8.19. The van der Waals surface area contributed by atoms with Crippen molar-refractivity contribution in [2.45, 2.75) is 16.3 Å². The minimum Gasteiger partial charge on any atom is -0.326 e. The average molecular weight is 329 g/mol. The Morgan fingerprint density at radius 1 is 1.12 bits per heavy atom. The van der Waals surface area contributed by atoms with E-state index in [0.717, 1.165) is 20.0 Å². The van der Waals surface area contributed by atoms with Crippen LogP contribution in [0.4, 0.5) is 0 Å². The molecule has 2 N–H and O–H groups in total. The molecule has 0 amide bonds. The Morgan fingerprint density at radius 3 is 2.41 bits per heavy atom. The van der Waals surface area contributed by atoms with Crippen molar-refractivity contribution in [1.29, 1.82) is 0 Å². The van der Waals surface area contributed by atoms with Crippen LogP contribution >= 0.6 is 39.3 Å². The molecule has 0 spiro atoms. The topological polar surface area (TPSA) is 26.0 Å². The largest absolute Gasteiger partial charge is 0.326 e. The molecule has 0 aliphatic rings. The van der Waals surface area contributed by atoms with Gasteiger partial charge < -0.3 is 5.73 Å². The Bertz CT molecular complexity index is 513. The van der Waals surface area contributed by atoms with Gasteiger partial charge in [-0.2, -0.15) is 0 Å². The summed E-state index contributed by atoms with van der Waals surface area (Å²) in [5.74, 6) is 0. The fourth-order valence-electron chi connectivity index (χ4n) is 1.38. The third-order valence-corrected chi connectivity index (χ3v) is 4.53. The molecular formula is C13H11BrClNS. The molecule has 0 saturated heterocycles. The van der Waals surface area contributed by atoms with Crippen LogP contribution < -0.4 is 5.73 Å². The molecule has 0 unspecified atom stereocenters. The van der Waals surface area contributed by atoms with Crippen LogP contribution in [0, 0.1) is 0 Å². The van der Waals surface area contributed by atoms with Gasteiger partial charge >= 0.3 is 0 Å². The minimum atomic E-state index is 0.560. The standard InChI is InChI=1S/C13H11BrClNS/c14-12-7-9(8-16)1-6-13(12)17-11-4-2-10(15)3-5-11/h1-7H,8,16H2. The van der Waals surface area contributed by atoms with Gasteiger partial charge in [0.05, 0.1) is 0 Å². The molecule has 2 aromatic carbocycles. The van der Waals surface area contributed by atoms with Crippen LogP contribution in [-0.4, -0.2) is 0 Å². The van der Waals surface area contributed by atoms with Crippen LogP contribution in [-0.2, 0) is 6.54 Å². The summed E-state index contributed by atoms with van der Waals surface area (Å²) in [6, 6.07) is 14.0. The lowest BCUT2D eigenvalue weighted by atomic mass is 10.2. The highest BCUT2D eigenvalue weighted by molar-refractivity contribution is 9.10. The molecule has 4 heteroatoms. The summed E-state index contributed by atoms with van der Waals surface area (Å²) in [5, 5.41) is 0.756. The van der Waals surface area contributed by atoms with Crippen molar-refractivity contribution in [3.8, 4) is 0 Å². The van der Waals surface area contributed by atoms with Crippen molar-refractivity contribution >= 4 is 39.3 Å². The van der Waals surface area contributed by atoms with Gasteiger partial charge in [-0.15, -0.1) is 0 Å². The summed E-state index contributed by atoms with van der Waals surface area (Å²) in [6.07, 6.45) is 0. The van der Waals surface area contributed by atoms with E-state index in [-0.39, 0.29) is 0 Å². The maximum absolute atomic E-state index is 5.85. The van der Waals surface area contributed by atoms with Crippen molar-refractivity contribution in [3.63, 3.8) is 0 Å². The lowest BCUT2D eigenvalue weighted by molar-refractivity contribution is 1.06. The maximum Gasteiger partial charge on any atom is 0.0406 e. The van der Waals surface area contributed by atoms with Gasteiger partial charge in [-0.25, -0.2) is 0 Å². The van der Waals surface area contributed by atoms with Gasteiger partial charge in [-0.1, -0.05) is 29.4 Å². The summed E-state index contributed by atoms with van der Waals surface area (Å²) in [4.78, 5) is 2.33. The van der Waals surface area contributed by atoms with Crippen molar-refractivity contribution in [1.82, 2.24) is 0 Å². The molecule has 0 aliphatic carbocycles. The molecule has 88 valence electrons. The Labute approximate surface area is 118 Å². The molecule has 17 heavy (non-hydrogen) atoms. The number of rotatable bonds is 3. The van der Waals surface area contributed by atoms with E-state index < -0.39 is 0 Å².